The Morgan fingerprint density at radius 2 is 1.19 bits per heavy atom. The number of halogens is 2. The number of hydrogen-bond acceptors (Lipinski definition) is 0. The Balaban J connectivity index is 0.00000161. The number of aromatic nitrogens is 1. The van der Waals surface area contributed by atoms with Crippen molar-refractivity contribution >= 4 is 11.6 Å². The predicted octanol–water partition coefficient (Wildman–Crippen LogP) is 1.27. The van der Waals surface area contributed by atoms with Gasteiger partial charge in [0, 0.05) is 28.3 Å². The molecule has 0 saturated heterocycles. The zero-order valence-corrected chi connectivity index (χ0v) is 14.3. The molecule has 21 heavy (non-hydrogen) atoms. The van der Waals surface area contributed by atoms with Crippen LogP contribution < -0.4 is 28.5 Å². The summed E-state index contributed by atoms with van der Waals surface area (Å²) in [6, 6.07) is 24.8. The fourth-order valence-electron chi connectivity index (χ4n) is 2.40. The van der Waals surface area contributed by atoms with Gasteiger partial charge in [-0.25, -0.2) is 0 Å². The monoisotopic (exact) mass is 407 g/mol. The third-order valence-corrected chi connectivity index (χ3v) is 3.59. The number of rotatable bonds is 3. The fourth-order valence-corrected chi connectivity index (χ4v) is 2.53. The van der Waals surface area contributed by atoms with Crippen LogP contribution in [0, 0.1) is 0 Å². The summed E-state index contributed by atoms with van der Waals surface area (Å²) < 4.78 is 2.21. The molecule has 0 aliphatic rings. The standard InChI is InChI=1S/C18H15ClN.HI/c19-17-11-9-16(10-12-17)18(15-7-3-1-4-8-15)20-13-5-2-6-14-20;/h1-14,18H;1H/q+1;/p-1. The van der Waals surface area contributed by atoms with E-state index in [0.29, 0.717) is 0 Å². The van der Waals surface area contributed by atoms with Gasteiger partial charge in [0.2, 0.25) is 6.04 Å². The van der Waals surface area contributed by atoms with Crippen LogP contribution in [-0.2, 0) is 0 Å². The molecule has 0 aliphatic heterocycles. The van der Waals surface area contributed by atoms with E-state index in [4.69, 9.17) is 11.6 Å². The molecule has 3 aromatic rings. The molecule has 0 saturated carbocycles. The van der Waals surface area contributed by atoms with Crippen molar-refractivity contribution in [3.8, 4) is 0 Å². The summed E-state index contributed by atoms with van der Waals surface area (Å²) in [5.41, 5.74) is 2.47. The highest BCUT2D eigenvalue weighted by Crippen LogP contribution is 2.22. The largest absolute Gasteiger partial charge is 1.00 e. The molecule has 0 bridgehead atoms. The highest BCUT2D eigenvalue weighted by Gasteiger charge is 2.22. The molecule has 106 valence electrons. The fraction of sp³-hybridized carbons (Fsp3) is 0.0556. The summed E-state index contributed by atoms with van der Waals surface area (Å²) in [6.45, 7) is 0. The third-order valence-electron chi connectivity index (χ3n) is 3.34. The first-order chi connectivity index (χ1) is 9.84. The molecular formula is C18H15ClIN. The van der Waals surface area contributed by atoms with Gasteiger partial charge in [0.25, 0.3) is 0 Å². The first-order valence-electron chi connectivity index (χ1n) is 6.61. The van der Waals surface area contributed by atoms with Gasteiger partial charge in [-0.15, -0.1) is 0 Å². The quantitative estimate of drug-likeness (QED) is 0.455. The van der Waals surface area contributed by atoms with Gasteiger partial charge in [0.05, 0.1) is 0 Å². The van der Waals surface area contributed by atoms with Gasteiger partial charge < -0.3 is 24.0 Å². The van der Waals surface area contributed by atoms with Crippen LogP contribution in [0.15, 0.2) is 85.2 Å². The molecule has 1 nitrogen and oxygen atoms in total. The molecule has 0 N–H and O–H groups in total. The molecule has 3 heteroatoms. The van der Waals surface area contributed by atoms with Gasteiger partial charge in [-0.1, -0.05) is 60.1 Å². The van der Waals surface area contributed by atoms with E-state index in [2.05, 4.69) is 53.4 Å². The van der Waals surface area contributed by atoms with E-state index < -0.39 is 0 Å². The molecule has 2 aromatic carbocycles. The van der Waals surface area contributed by atoms with Crippen molar-refractivity contribution in [2.45, 2.75) is 6.04 Å². The number of nitrogens with zero attached hydrogens (tertiary/aromatic N) is 1. The van der Waals surface area contributed by atoms with E-state index in [9.17, 15) is 0 Å². The van der Waals surface area contributed by atoms with Crippen LogP contribution in [0.2, 0.25) is 5.02 Å². The van der Waals surface area contributed by atoms with Crippen molar-refractivity contribution in [3.05, 3.63) is 101 Å². The van der Waals surface area contributed by atoms with E-state index in [-0.39, 0.29) is 30.0 Å². The third kappa shape index (κ3) is 3.83. The summed E-state index contributed by atoms with van der Waals surface area (Å²) in [5.74, 6) is 0. The average molecular weight is 408 g/mol. The predicted molar refractivity (Wildman–Crippen MR) is 81.8 cm³/mol. The maximum atomic E-state index is 6.00. The molecule has 0 spiro atoms. The zero-order chi connectivity index (χ0) is 13.8. The van der Waals surface area contributed by atoms with Gasteiger partial charge >= 0.3 is 0 Å². The van der Waals surface area contributed by atoms with Crippen molar-refractivity contribution < 1.29 is 28.5 Å². The second-order valence-corrected chi connectivity index (χ2v) is 5.12. The maximum Gasteiger partial charge on any atom is 0.208 e. The first-order valence-corrected chi connectivity index (χ1v) is 6.98. The van der Waals surface area contributed by atoms with E-state index in [0.717, 1.165) is 5.02 Å². The van der Waals surface area contributed by atoms with Crippen LogP contribution in [0.4, 0.5) is 0 Å². The minimum atomic E-state index is 0. The van der Waals surface area contributed by atoms with Crippen LogP contribution in [0.3, 0.4) is 0 Å². The van der Waals surface area contributed by atoms with Crippen molar-refractivity contribution in [2.24, 2.45) is 0 Å². The Morgan fingerprint density at radius 3 is 1.81 bits per heavy atom. The summed E-state index contributed by atoms with van der Waals surface area (Å²) >= 11 is 6.00. The van der Waals surface area contributed by atoms with Gasteiger partial charge in [0.1, 0.15) is 0 Å². The second-order valence-electron chi connectivity index (χ2n) is 4.69. The average Bonchev–Trinajstić information content (AvgIpc) is 2.52. The minimum absolute atomic E-state index is 0. The molecule has 0 amide bonds. The summed E-state index contributed by atoms with van der Waals surface area (Å²) in [7, 11) is 0. The molecule has 0 aliphatic carbocycles. The Labute approximate surface area is 147 Å². The first kappa shape index (κ1) is 16.0. The van der Waals surface area contributed by atoms with Gasteiger partial charge in [-0.3, -0.25) is 0 Å². The summed E-state index contributed by atoms with van der Waals surface area (Å²) in [4.78, 5) is 0. The summed E-state index contributed by atoms with van der Waals surface area (Å²) in [6.07, 6.45) is 4.18. The molecule has 1 heterocycles. The topological polar surface area (TPSA) is 3.88 Å². The Kier molecular flexibility index (Phi) is 5.76. The second kappa shape index (κ2) is 7.57. The molecule has 1 atom stereocenters. The van der Waals surface area contributed by atoms with E-state index in [1.165, 1.54) is 11.1 Å². The van der Waals surface area contributed by atoms with Gasteiger partial charge in [-0.05, 0) is 12.1 Å². The molecule has 0 radical (unpaired) electrons. The molecule has 1 aromatic heterocycles. The Bertz CT molecular complexity index is 629. The van der Waals surface area contributed by atoms with E-state index in [1.54, 1.807) is 0 Å². The maximum absolute atomic E-state index is 6.00. The molecule has 1 unspecified atom stereocenters. The molecule has 0 fully saturated rings. The van der Waals surface area contributed by atoms with Crippen LogP contribution >= 0.6 is 11.6 Å². The lowest BCUT2D eigenvalue weighted by Gasteiger charge is -2.13. The smallest absolute Gasteiger partial charge is 0.208 e. The molecule has 3 rings (SSSR count). The van der Waals surface area contributed by atoms with Gasteiger partial charge in [-0.2, -0.15) is 4.57 Å². The van der Waals surface area contributed by atoms with Crippen LogP contribution in [0.1, 0.15) is 17.2 Å². The normalized spacial score (nSPS) is 11.5. The van der Waals surface area contributed by atoms with Crippen molar-refractivity contribution in [1.29, 1.82) is 0 Å². The van der Waals surface area contributed by atoms with Crippen LogP contribution in [0.25, 0.3) is 0 Å². The van der Waals surface area contributed by atoms with Crippen molar-refractivity contribution in [3.63, 3.8) is 0 Å². The number of hydrogen-bond donors (Lipinski definition) is 0. The van der Waals surface area contributed by atoms with Crippen LogP contribution in [0.5, 0.6) is 0 Å². The summed E-state index contributed by atoms with van der Waals surface area (Å²) in [5, 5.41) is 0.763. The van der Waals surface area contributed by atoms with Crippen LogP contribution in [-0.4, -0.2) is 0 Å². The van der Waals surface area contributed by atoms with Crippen molar-refractivity contribution in [2.75, 3.05) is 0 Å². The Morgan fingerprint density at radius 1 is 0.667 bits per heavy atom. The lowest BCUT2D eigenvalue weighted by atomic mass is 9.98. The lowest BCUT2D eigenvalue weighted by Crippen LogP contribution is -3.00. The van der Waals surface area contributed by atoms with Crippen molar-refractivity contribution in [1.82, 2.24) is 0 Å². The zero-order valence-electron chi connectivity index (χ0n) is 11.4. The number of pyridine rings is 1. The minimum Gasteiger partial charge on any atom is -1.00 e. The highest BCUT2D eigenvalue weighted by atomic mass is 127. The van der Waals surface area contributed by atoms with E-state index >= 15 is 0 Å². The highest BCUT2D eigenvalue weighted by molar-refractivity contribution is 6.30. The SMILES string of the molecule is Clc1ccc(C(c2ccccc2)[n+]2ccccc2)cc1.[I-]. The Hall–Kier alpha value is -1.39. The lowest BCUT2D eigenvalue weighted by molar-refractivity contribution is -0.704. The van der Waals surface area contributed by atoms with Gasteiger partial charge in [0.15, 0.2) is 12.4 Å². The number of benzene rings is 2. The molecular weight excluding hydrogens is 393 g/mol. The van der Waals surface area contributed by atoms with E-state index in [1.807, 2.05) is 36.4 Å².